The van der Waals surface area contributed by atoms with Gasteiger partial charge in [0.05, 0.1) is 11.2 Å². The first-order valence-electron chi connectivity index (χ1n) is 10.4. The molecule has 2 N–H and O–H groups in total. The summed E-state index contributed by atoms with van der Waals surface area (Å²) < 4.78 is 0. The molecular weight excluding hydrogens is 388 g/mol. The molecule has 31 heavy (non-hydrogen) atoms. The van der Waals surface area contributed by atoms with E-state index in [4.69, 9.17) is 5.26 Å². The molecule has 7 heteroatoms. The molecule has 0 radical (unpaired) electrons. The second kappa shape index (κ2) is 8.92. The van der Waals surface area contributed by atoms with Crippen molar-refractivity contribution in [3.05, 3.63) is 72.1 Å². The van der Waals surface area contributed by atoms with Crippen molar-refractivity contribution in [2.24, 2.45) is 0 Å². The minimum absolute atomic E-state index is 0.117. The molecule has 0 spiro atoms. The van der Waals surface area contributed by atoms with E-state index in [1.165, 1.54) is 0 Å². The molecule has 3 aromatic rings. The molecule has 0 unspecified atom stereocenters. The van der Waals surface area contributed by atoms with E-state index in [-0.39, 0.29) is 11.9 Å². The van der Waals surface area contributed by atoms with Crippen LogP contribution in [0.15, 0.2) is 54.9 Å². The fraction of sp³-hybridized carbons (Fsp3) is 0.292. The number of rotatable bonds is 4. The number of aryl methyl sites for hydroxylation is 1. The number of carbonyl (C=O) groups excluding carboxylic acids is 1. The molecule has 1 aliphatic carbocycles. The molecule has 4 rings (SSSR count). The van der Waals surface area contributed by atoms with E-state index in [0.717, 1.165) is 48.9 Å². The SMILES string of the molecule is Cc1ccc(-c2ccc(NC(=O)NC3(c4ccnc(C#N)n4)CCCCC3)cc2)cn1. The minimum atomic E-state index is -0.593. The summed E-state index contributed by atoms with van der Waals surface area (Å²) in [6.45, 7) is 1.96. The Morgan fingerprint density at radius 1 is 1.00 bits per heavy atom. The van der Waals surface area contributed by atoms with Gasteiger partial charge in [-0.05, 0) is 49.6 Å². The zero-order valence-corrected chi connectivity index (χ0v) is 17.4. The quantitative estimate of drug-likeness (QED) is 0.646. The molecule has 156 valence electrons. The number of urea groups is 1. The molecule has 1 aliphatic rings. The van der Waals surface area contributed by atoms with Crippen LogP contribution in [0.25, 0.3) is 11.1 Å². The van der Waals surface area contributed by atoms with Crippen molar-refractivity contribution >= 4 is 11.7 Å². The monoisotopic (exact) mass is 412 g/mol. The Kier molecular flexibility index (Phi) is 5.89. The van der Waals surface area contributed by atoms with Crippen LogP contribution in [0.1, 0.15) is 49.3 Å². The number of carbonyl (C=O) groups is 1. The van der Waals surface area contributed by atoms with Crippen molar-refractivity contribution in [2.45, 2.75) is 44.6 Å². The largest absolute Gasteiger partial charge is 0.327 e. The van der Waals surface area contributed by atoms with E-state index in [1.54, 1.807) is 12.3 Å². The van der Waals surface area contributed by atoms with Gasteiger partial charge in [0, 0.05) is 29.3 Å². The van der Waals surface area contributed by atoms with Crippen LogP contribution in [0, 0.1) is 18.3 Å². The highest BCUT2D eigenvalue weighted by Gasteiger charge is 2.37. The lowest BCUT2D eigenvalue weighted by molar-refractivity contribution is 0.209. The van der Waals surface area contributed by atoms with Crippen molar-refractivity contribution in [2.75, 3.05) is 5.32 Å². The van der Waals surface area contributed by atoms with Gasteiger partial charge in [-0.3, -0.25) is 4.98 Å². The summed E-state index contributed by atoms with van der Waals surface area (Å²) in [5, 5.41) is 15.2. The van der Waals surface area contributed by atoms with Gasteiger partial charge in [-0.25, -0.2) is 14.8 Å². The van der Waals surface area contributed by atoms with E-state index < -0.39 is 5.54 Å². The highest BCUT2D eigenvalue weighted by Crippen LogP contribution is 2.36. The lowest BCUT2D eigenvalue weighted by atomic mass is 9.79. The Morgan fingerprint density at radius 3 is 2.42 bits per heavy atom. The smallest absolute Gasteiger partial charge is 0.319 e. The zero-order chi connectivity index (χ0) is 21.7. The van der Waals surface area contributed by atoms with E-state index in [9.17, 15) is 4.79 Å². The maximum atomic E-state index is 12.9. The average Bonchev–Trinajstić information content (AvgIpc) is 2.81. The summed E-state index contributed by atoms with van der Waals surface area (Å²) in [5.41, 5.74) is 3.83. The predicted molar refractivity (Wildman–Crippen MR) is 118 cm³/mol. The third kappa shape index (κ3) is 4.69. The molecule has 0 atom stereocenters. The summed E-state index contributed by atoms with van der Waals surface area (Å²) in [7, 11) is 0. The van der Waals surface area contributed by atoms with E-state index in [0.29, 0.717) is 11.4 Å². The molecule has 1 saturated carbocycles. The molecule has 2 aromatic heterocycles. The maximum Gasteiger partial charge on any atom is 0.319 e. The van der Waals surface area contributed by atoms with Gasteiger partial charge in [-0.2, -0.15) is 5.26 Å². The highest BCUT2D eigenvalue weighted by molar-refractivity contribution is 5.90. The maximum absolute atomic E-state index is 12.9. The number of anilines is 1. The topological polar surface area (TPSA) is 104 Å². The van der Waals surface area contributed by atoms with Crippen LogP contribution in [0.4, 0.5) is 10.5 Å². The van der Waals surface area contributed by atoms with Crippen LogP contribution in [-0.2, 0) is 5.54 Å². The number of nitriles is 1. The number of nitrogens with one attached hydrogen (secondary N) is 2. The molecule has 7 nitrogen and oxygen atoms in total. The molecular formula is C24H24N6O. The first kappa shape index (κ1) is 20.5. The van der Waals surface area contributed by atoms with Crippen molar-refractivity contribution in [3.63, 3.8) is 0 Å². The van der Waals surface area contributed by atoms with Crippen LogP contribution >= 0.6 is 0 Å². The lowest BCUT2D eigenvalue weighted by Gasteiger charge is -2.37. The number of aromatic nitrogens is 3. The number of pyridine rings is 1. The highest BCUT2D eigenvalue weighted by atomic mass is 16.2. The fourth-order valence-electron chi connectivity index (χ4n) is 4.04. The van der Waals surface area contributed by atoms with Crippen molar-refractivity contribution in [3.8, 4) is 17.2 Å². The van der Waals surface area contributed by atoms with Gasteiger partial charge < -0.3 is 10.6 Å². The number of hydrogen-bond acceptors (Lipinski definition) is 5. The van der Waals surface area contributed by atoms with Gasteiger partial charge >= 0.3 is 6.03 Å². The second-order valence-electron chi connectivity index (χ2n) is 7.86. The zero-order valence-electron chi connectivity index (χ0n) is 17.4. The molecule has 0 bridgehead atoms. The van der Waals surface area contributed by atoms with Crippen LogP contribution in [0.5, 0.6) is 0 Å². The van der Waals surface area contributed by atoms with Gasteiger partial charge in [0.25, 0.3) is 0 Å². The number of hydrogen-bond donors (Lipinski definition) is 2. The standard InChI is InChI=1S/C24H24N6O/c1-17-5-6-19(16-27-17)18-7-9-20(10-8-18)28-23(31)30-24(12-3-2-4-13-24)21-11-14-26-22(15-25)29-21/h5-11,14,16H,2-4,12-13H2,1H3,(H2,28,30,31). The van der Waals surface area contributed by atoms with Gasteiger partial charge in [-0.15, -0.1) is 0 Å². The second-order valence-corrected chi connectivity index (χ2v) is 7.86. The molecule has 2 amide bonds. The van der Waals surface area contributed by atoms with Crippen molar-refractivity contribution in [1.82, 2.24) is 20.3 Å². The van der Waals surface area contributed by atoms with Gasteiger partial charge in [0.1, 0.15) is 6.07 Å². The molecule has 1 fully saturated rings. The van der Waals surface area contributed by atoms with Crippen LogP contribution < -0.4 is 10.6 Å². The minimum Gasteiger partial charge on any atom is -0.327 e. The van der Waals surface area contributed by atoms with Crippen molar-refractivity contribution in [1.29, 1.82) is 5.26 Å². The average molecular weight is 412 g/mol. The molecule has 2 heterocycles. The van der Waals surface area contributed by atoms with E-state index in [2.05, 4.69) is 25.6 Å². The van der Waals surface area contributed by atoms with Gasteiger partial charge in [0.15, 0.2) is 0 Å². The Balaban J connectivity index is 1.49. The Labute approximate surface area is 181 Å². The Bertz CT molecular complexity index is 1100. The van der Waals surface area contributed by atoms with Gasteiger partial charge in [-0.1, -0.05) is 37.5 Å². The summed E-state index contributed by atoms with van der Waals surface area (Å²) in [4.78, 5) is 25.5. The predicted octanol–water partition coefficient (Wildman–Crippen LogP) is 4.70. The van der Waals surface area contributed by atoms with E-state index >= 15 is 0 Å². The van der Waals surface area contributed by atoms with Gasteiger partial charge in [0.2, 0.25) is 5.82 Å². The van der Waals surface area contributed by atoms with Crippen LogP contribution in [0.2, 0.25) is 0 Å². The van der Waals surface area contributed by atoms with Crippen molar-refractivity contribution < 1.29 is 4.79 Å². The summed E-state index contributed by atoms with van der Waals surface area (Å²) >= 11 is 0. The fourth-order valence-corrected chi connectivity index (χ4v) is 4.04. The number of nitrogens with zero attached hydrogens (tertiary/aromatic N) is 4. The number of benzene rings is 1. The summed E-state index contributed by atoms with van der Waals surface area (Å²) in [6.07, 6.45) is 8.08. The third-order valence-corrected chi connectivity index (χ3v) is 5.69. The normalized spacial score (nSPS) is 15.0. The lowest BCUT2D eigenvalue weighted by Crippen LogP contribution is -2.49. The van der Waals surface area contributed by atoms with E-state index in [1.807, 2.05) is 55.6 Å². The third-order valence-electron chi connectivity index (χ3n) is 5.69. The summed E-state index contributed by atoms with van der Waals surface area (Å²) in [5.74, 6) is 0.117. The summed E-state index contributed by atoms with van der Waals surface area (Å²) in [6, 6.07) is 15.2. The molecule has 1 aromatic carbocycles. The molecule has 0 aliphatic heterocycles. The first-order valence-corrected chi connectivity index (χ1v) is 10.4. The van der Waals surface area contributed by atoms with Crippen LogP contribution in [-0.4, -0.2) is 21.0 Å². The first-order chi connectivity index (χ1) is 15.1. The Morgan fingerprint density at radius 2 is 1.74 bits per heavy atom. The Hall–Kier alpha value is -3.79. The van der Waals surface area contributed by atoms with Crippen LogP contribution in [0.3, 0.4) is 0 Å². The number of amides is 2. The molecule has 0 saturated heterocycles.